The van der Waals surface area contributed by atoms with E-state index in [-0.39, 0.29) is 22.9 Å². The Bertz CT molecular complexity index is 1170. The van der Waals surface area contributed by atoms with Crippen LogP contribution in [0.2, 0.25) is 5.02 Å². The molecule has 0 saturated heterocycles. The van der Waals surface area contributed by atoms with Gasteiger partial charge in [0.05, 0.1) is 21.4 Å². The van der Waals surface area contributed by atoms with Gasteiger partial charge in [-0.3, -0.25) is 9.59 Å². The Morgan fingerprint density at radius 3 is 2.50 bits per heavy atom. The molecule has 3 aromatic carbocycles. The number of benzene rings is 3. The third-order valence-corrected chi connectivity index (χ3v) is 5.07. The molecule has 32 heavy (non-hydrogen) atoms. The van der Waals surface area contributed by atoms with Gasteiger partial charge in [0.25, 0.3) is 0 Å². The molecule has 0 aliphatic rings. The van der Waals surface area contributed by atoms with Gasteiger partial charge < -0.3 is 10.1 Å². The molecule has 0 aromatic heterocycles. The number of carbonyl (C=O) groups excluding carboxylic acids is 2. The predicted molar refractivity (Wildman–Crippen MR) is 121 cm³/mol. The van der Waals surface area contributed by atoms with Gasteiger partial charge in [0.1, 0.15) is 24.0 Å². The molecule has 0 atom stereocenters. The minimum Gasteiger partial charge on any atom is -0.488 e. The zero-order chi connectivity index (χ0) is 23.1. The first-order chi connectivity index (χ1) is 15.3. The van der Waals surface area contributed by atoms with E-state index in [9.17, 15) is 18.4 Å². The van der Waals surface area contributed by atoms with E-state index in [4.69, 9.17) is 16.3 Å². The highest BCUT2D eigenvalue weighted by atomic mass is 79.9. The van der Waals surface area contributed by atoms with Gasteiger partial charge in [-0.25, -0.2) is 14.2 Å². The van der Waals surface area contributed by atoms with E-state index >= 15 is 0 Å². The number of hydrogen-bond donors (Lipinski definition) is 2. The van der Waals surface area contributed by atoms with Crippen LogP contribution in [0.4, 0.5) is 14.5 Å². The average Bonchev–Trinajstić information content (AvgIpc) is 2.76. The van der Waals surface area contributed by atoms with Crippen LogP contribution in [-0.2, 0) is 16.2 Å². The number of rotatable bonds is 6. The van der Waals surface area contributed by atoms with Crippen LogP contribution in [0.5, 0.6) is 5.75 Å². The van der Waals surface area contributed by atoms with Crippen LogP contribution in [0.25, 0.3) is 0 Å². The van der Waals surface area contributed by atoms with E-state index in [0.717, 1.165) is 6.07 Å². The van der Waals surface area contributed by atoms with Crippen molar-refractivity contribution in [3.05, 3.63) is 92.9 Å². The van der Waals surface area contributed by atoms with Crippen LogP contribution in [0, 0.1) is 11.6 Å². The highest BCUT2D eigenvalue weighted by Crippen LogP contribution is 2.28. The highest BCUT2D eigenvalue weighted by Gasteiger charge is 2.14. The van der Waals surface area contributed by atoms with Gasteiger partial charge in [0.15, 0.2) is 0 Å². The predicted octanol–water partition coefficient (Wildman–Crippen LogP) is 5.05. The number of nitrogens with one attached hydrogen (secondary N) is 2. The number of hydrazone groups is 1. The Morgan fingerprint density at radius 2 is 1.78 bits per heavy atom. The molecule has 0 unspecified atom stereocenters. The number of carbonyl (C=O) groups is 2. The number of hydrogen-bond acceptors (Lipinski definition) is 4. The molecule has 0 aliphatic carbocycles. The average molecular weight is 523 g/mol. The van der Waals surface area contributed by atoms with E-state index < -0.39 is 23.4 Å². The molecule has 0 spiro atoms. The number of amides is 2. The Labute approximate surface area is 195 Å². The van der Waals surface area contributed by atoms with E-state index in [2.05, 4.69) is 31.8 Å². The standard InChI is InChI=1S/C22H15BrClF2N3O3/c23-15-10-13(8-9-20(15)32-12-14-16(24)4-3-6-17(14)25)11-27-29-22(31)21(30)28-19-7-2-1-5-18(19)26/h1-11H,12H2,(H,28,30)(H,29,31)/b27-11-. The van der Waals surface area contributed by atoms with Crippen molar-refractivity contribution in [1.29, 1.82) is 0 Å². The molecule has 0 fully saturated rings. The van der Waals surface area contributed by atoms with Crippen molar-refractivity contribution in [2.75, 3.05) is 5.32 Å². The van der Waals surface area contributed by atoms with Crippen molar-refractivity contribution in [3.63, 3.8) is 0 Å². The Balaban J connectivity index is 1.56. The molecule has 6 nitrogen and oxygen atoms in total. The summed E-state index contributed by atoms with van der Waals surface area (Å²) in [6.45, 7) is -0.0648. The molecule has 0 aliphatic heterocycles. The van der Waals surface area contributed by atoms with Crippen LogP contribution in [0.15, 0.2) is 70.2 Å². The van der Waals surface area contributed by atoms with Gasteiger partial charge in [0, 0.05) is 5.56 Å². The summed E-state index contributed by atoms with van der Waals surface area (Å²) in [6.07, 6.45) is 1.30. The number of ether oxygens (including phenoxy) is 1. The van der Waals surface area contributed by atoms with Crippen LogP contribution in [0.3, 0.4) is 0 Å². The normalized spacial score (nSPS) is 10.8. The Kier molecular flexibility index (Phi) is 7.91. The van der Waals surface area contributed by atoms with Crippen molar-refractivity contribution < 1.29 is 23.1 Å². The van der Waals surface area contributed by atoms with Crippen LogP contribution >= 0.6 is 27.5 Å². The summed E-state index contributed by atoms with van der Waals surface area (Å²) in [5.74, 6) is -2.82. The molecule has 164 valence electrons. The molecule has 0 saturated carbocycles. The molecule has 3 aromatic rings. The topological polar surface area (TPSA) is 79.8 Å². The lowest BCUT2D eigenvalue weighted by molar-refractivity contribution is -0.136. The molecule has 0 radical (unpaired) electrons. The van der Waals surface area contributed by atoms with Crippen molar-refractivity contribution in [1.82, 2.24) is 5.43 Å². The Hall–Kier alpha value is -3.30. The summed E-state index contributed by atoms with van der Waals surface area (Å²) in [4.78, 5) is 23.6. The lowest BCUT2D eigenvalue weighted by atomic mass is 10.2. The number of para-hydroxylation sites is 1. The van der Waals surface area contributed by atoms with Crippen molar-refractivity contribution in [2.24, 2.45) is 5.10 Å². The summed E-state index contributed by atoms with van der Waals surface area (Å²) >= 11 is 9.33. The van der Waals surface area contributed by atoms with Crippen molar-refractivity contribution in [2.45, 2.75) is 6.61 Å². The smallest absolute Gasteiger partial charge is 0.329 e. The maximum atomic E-state index is 13.8. The second-order valence-electron chi connectivity index (χ2n) is 6.31. The van der Waals surface area contributed by atoms with Crippen molar-refractivity contribution >= 4 is 51.2 Å². The number of anilines is 1. The van der Waals surface area contributed by atoms with E-state index in [1.54, 1.807) is 24.3 Å². The summed E-state index contributed by atoms with van der Waals surface area (Å²) in [6, 6.07) is 14.7. The maximum Gasteiger partial charge on any atom is 0.329 e. The summed E-state index contributed by atoms with van der Waals surface area (Å²) < 4.78 is 33.5. The quantitative estimate of drug-likeness (QED) is 0.270. The number of halogens is 4. The number of nitrogens with zero attached hydrogens (tertiary/aromatic N) is 1. The Morgan fingerprint density at radius 1 is 1.03 bits per heavy atom. The molecule has 10 heteroatoms. The molecule has 0 bridgehead atoms. The van der Waals surface area contributed by atoms with Crippen LogP contribution < -0.4 is 15.5 Å². The lowest BCUT2D eigenvalue weighted by Gasteiger charge is -2.10. The molecule has 2 N–H and O–H groups in total. The van der Waals surface area contributed by atoms with Gasteiger partial charge in [-0.2, -0.15) is 5.10 Å². The zero-order valence-electron chi connectivity index (χ0n) is 16.2. The third kappa shape index (κ3) is 6.12. The summed E-state index contributed by atoms with van der Waals surface area (Å²) in [7, 11) is 0. The van der Waals surface area contributed by atoms with Crippen LogP contribution in [0.1, 0.15) is 11.1 Å². The minimum absolute atomic E-state index is 0.0648. The van der Waals surface area contributed by atoms with Gasteiger partial charge in [-0.1, -0.05) is 29.8 Å². The van der Waals surface area contributed by atoms with Gasteiger partial charge in [-0.15, -0.1) is 0 Å². The maximum absolute atomic E-state index is 13.8. The molecule has 0 heterocycles. The first-order valence-corrected chi connectivity index (χ1v) is 10.3. The van der Waals surface area contributed by atoms with E-state index in [0.29, 0.717) is 15.8 Å². The first kappa shape index (κ1) is 23.4. The molecular weight excluding hydrogens is 508 g/mol. The lowest BCUT2D eigenvalue weighted by Crippen LogP contribution is -2.32. The molecule has 2 amide bonds. The fourth-order valence-corrected chi connectivity index (χ4v) is 3.22. The van der Waals surface area contributed by atoms with E-state index in [1.807, 2.05) is 0 Å². The first-order valence-electron chi connectivity index (χ1n) is 9.09. The van der Waals surface area contributed by atoms with Crippen LogP contribution in [-0.4, -0.2) is 18.0 Å². The summed E-state index contributed by atoms with van der Waals surface area (Å²) in [5.41, 5.74) is 2.75. The summed E-state index contributed by atoms with van der Waals surface area (Å²) in [5, 5.41) is 6.12. The molecule has 3 rings (SSSR count). The fraction of sp³-hybridized carbons (Fsp3) is 0.0455. The second kappa shape index (κ2) is 10.8. The monoisotopic (exact) mass is 521 g/mol. The SMILES string of the molecule is O=C(N/N=C\c1ccc(OCc2c(F)cccc2Cl)c(Br)c1)C(=O)Nc1ccccc1F. The fourth-order valence-electron chi connectivity index (χ4n) is 2.49. The minimum atomic E-state index is -1.07. The van der Waals surface area contributed by atoms with Gasteiger partial charge >= 0.3 is 11.8 Å². The highest BCUT2D eigenvalue weighted by molar-refractivity contribution is 9.10. The van der Waals surface area contributed by atoms with Crippen molar-refractivity contribution in [3.8, 4) is 5.75 Å². The van der Waals surface area contributed by atoms with Gasteiger partial charge in [0.2, 0.25) is 0 Å². The van der Waals surface area contributed by atoms with E-state index in [1.165, 1.54) is 36.5 Å². The zero-order valence-corrected chi connectivity index (χ0v) is 18.6. The molecular formula is C22H15BrClF2N3O3. The third-order valence-electron chi connectivity index (χ3n) is 4.10. The largest absolute Gasteiger partial charge is 0.488 e. The second-order valence-corrected chi connectivity index (χ2v) is 7.57. The van der Waals surface area contributed by atoms with Gasteiger partial charge in [-0.05, 0) is 64.0 Å².